The van der Waals surface area contributed by atoms with Crippen LogP contribution < -0.4 is 0 Å². The van der Waals surface area contributed by atoms with Crippen molar-refractivity contribution in [2.45, 2.75) is 39.3 Å². The third-order valence-electron chi connectivity index (χ3n) is 2.47. The van der Waals surface area contributed by atoms with Crippen LogP contribution in [0.15, 0.2) is 36.0 Å². The Labute approximate surface area is 102 Å². The molecular weight excluding hydrogens is 224 g/mol. The van der Waals surface area contributed by atoms with Crippen molar-refractivity contribution < 1.29 is 0 Å². The molecule has 1 aromatic rings. The predicted octanol–water partition coefficient (Wildman–Crippen LogP) is 4.82. The van der Waals surface area contributed by atoms with Crippen molar-refractivity contribution in [1.82, 2.24) is 0 Å². The molecule has 0 spiro atoms. The van der Waals surface area contributed by atoms with Crippen LogP contribution >= 0.6 is 0 Å². The highest BCUT2D eigenvalue weighted by Crippen LogP contribution is 2.27. The molecule has 0 aliphatic heterocycles. The minimum Gasteiger partial charge on any atom is -0.0951 e. The Hall–Kier alpha value is -0.606. The van der Waals surface area contributed by atoms with Gasteiger partial charge in [0.1, 0.15) is 0 Å². The van der Waals surface area contributed by atoms with Crippen molar-refractivity contribution in [1.29, 1.82) is 0 Å². The Balaban J connectivity index is 3.24. The molecular formula is C14H24Si2. The highest BCUT2D eigenvalue weighted by atomic mass is 28.3. The monoisotopic (exact) mass is 248 g/mol. The Bertz CT molecular complexity index is 364. The van der Waals surface area contributed by atoms with Gasteiger partial charge in [0.15, 0.2) is 0 Å². The van der Waals surface area contributed by atoms with Gasteiger partial charge in [0.2, 0.25) is 0 Å². The number of benzene rings is 1. The minimum absolute atomic E-state index is 1.14. The summed E-state index contributed by atoms with van der Waals surface area (Å²) in [5.74, 6) is 0. The van der Waals surface area contributed by atoms with Gasteiger partial charge in [-0.25, -0.2) is 0 Å². The van der Waals surface area contributed by atoms with E-state index in [2.05, 4.69) is 75.3 Å². The van der Waals surface area contributed by atoms with Crippen LogP contribution in [0.3, 0.4) is 0 Å². The van der Waals surface area contributed by atoms with Crippen LogP contribution in [0.1, 0.15) is 5.56 Å². The molecule has 0 saturated carbocycles. The molecule has 0 nitrogen and oxygen atoms in total. The van der Waals surface area contributed by atoms with Crippen LogP contribution in [0.2, 0.25) is 39.3 Å². The SMILES string of the molecule is C[Si](C)(C)C=C(c1ccccc1)[Si](C)(C)C. The molecule has 0 bridgehead atoms. The third-order valence-corrected chi connectivity index (χ3v) is 5.96. The van der Waals surface area contributed by atoms with Gasteiger partial charge in [0, 0.05) is 0 Å². The first-order valence-electron chi connectivity index (χ1n) is 5.99. The molecule has 0 aliphatic rings. The van der Waals surface area contributed by atoms with E-state index in [9.17, 15) is 0 Å². The Morgan fingerprint density at radius 3 is 1.75 bits per heavy atom. The first kappa shape index (κ1) is 13.5. The normalized spacial score (nSPS) is 14.0. The maximum absolute atomic E-state index is 2.59. The average molecular weight is 249 g/mol. The molecule has 0 saturated heterocycles. The smallest absolute Gasteiger partial charge is 0.0774 e. The number of rotatable bonds is 3. The molecule has 0 N–H and O–H groups in total. The summed E-state index contributed by atoms with van der Waals surface area (Å²) < 4.78 is 0. The molecule has 0 fully saturated rings. The molecule has 0 aromatic heterocycles. The number of hydrogen-bond acceptors (Lipinski definition) is 0. The molecule has 1 rings (SSSR count). The van der Waals surface area contributed by atoms with Gasteiger partial charge in [-0.1, -0.05) is 80.5 Å². The second-order valence-electron chi connectivity index (χ2n) is 6.54. The van der Waals surface area contributed by atoms with Crippen LogP contribution in [0.5, 0.6) is 0 Å². The van der Waals surface area contributed by atoms with Crippen molar-refractivity contribution in [3.63, 3.8) is 0 Å². The summed E-state index contributed by atoms with van der Waals surface area (Å²) in [6.45, 7) is 14.5. The van der Waals surface area contributed by atoms with Gasteiger partial charge >= 0.3 is 0 Å². The second kappa shape index (κ2) is 4.72. The van der Waals surface area contributed by atoms with E-state index in [1.807, 2.05) is 0 Å². The molecule has 88 valence electrons. The zero-order chi connectivity index (χ0) is 12.4. The lowest BCUT2D eigenvalue weighted by Crippen LogP contribution is -2.27. The molecule has 0 radical (unpaired) electrons. The molecule has 1 aromatic carbocycles. The van der Waals surface area contributed by atoms with Crippen molar-refractivity contribution in [2.24, 2.45) is 0 Å². The van der Waals surface area contributed by atoms with E-state index < -0.39 is 16.1 Å². The molecule has 0 amide bonds. The first-order valence-corrected chi connectivity index (χ1v) is 13.1. The van der Waals surface area contributed by atoms with E-state index >= 15 is 0 Å². The van der Waals surface area contributed by atoms with Gasteiger partial charge in [-0.15, -0.1) is 0 Å². The van der Waals surface area contributed by atoms with Gasteiger partial charge in [-0.2, -0.15) is 0 Å². The van der Waals surface area contributed by atoms with Crippen molar-refractivity contribution >= 4 is 21.3 Å². The van der Waals surface area contributed by atoms with E-state index in [-0.39, 0.29) is 0 Å². The molecule has 2 heteroatoms. The minimum atomic E-state index is -1.24. The largest absolute Gasteiger partial charge is 0.0951 e. The lowest BCUT2D eigenvalue weighted by molar-refractivity contribution is 1.61. The Kier molecular flexibility index (Phi) is 3.97. The highest BCUT2D eigenvalue weighted by Gasteiger charge is 2.23. The van der Waals surface area contributed by atoms with Crippen molar-refractivity contribution in [3.05, 3.63) is 41.6 Å². The summed E-state index contributed by atoms with van der Waals surface area (Å²) in [7, 11) is -2.38. The first-order chi connectivity index (χ1) is 7.20. The van der Waals surface area contributed by atoms with E-state index in [1.54, 1.807) is 5.20 Å². The topological polar surface area (TPSA) is 0 Å². The van der Waals surface area contributed by atoms with Gasteiger partial charge in [0.25, 0.3) is 0 Å². The summed E-state index contributed by atoms with van der Waals surface area (Å²) in [5.41, 5.74) is 4.03. The molecule has 0 atom stereocenters. The van der Waals surface area contributed by atoms with Gasteiger partial charge in [0.05, 0.1) is 16.1 Å². The summed E-state index contributed by atoms with van der Waals surface area (Å²) in [4.78, 5) is 0. The standard InChI is InChI=1S/C14H24Si2/c1-15(2,3)12-14(16(4,5)6)13-10-8-7-9-11-13/h7-12H,1-6H3. The second-order valence-corrected chi connectivity index (χ2v) is 16.6. The third kappa shape index (κ3) is 4.10. The maximum Gasteiger partial charge on any atom is 0.0774 e. The molecule has 16 heavy (non-hydrogen) atoms. The van der Waals surface area contributed by atoms with Crippen LogP contribution in [0.25, 0.3) is 5.20 Å². The van der Waals surface area contributed by atoms with E-state index in [4.69, 9.17) is 0 Å². The summed E-state index contributed by atoms with van der Waals surface area (Å²) in [6.07, 6.45) is 0. The molecule has 0 unspecified atom stereocenters. The van der Waals surface area contributed by atoms with E-state index in [1.165, 1.54) is 5.56 Å². The number of hydrogen-bond donors (Lipinski definition) is 0. The van der Waals surface area contributed by atoms with E-state index in [0.717, 1.165) is 0 Å². The molecule has 0 aliphatic carbocycles. The van der Waals surface area contributed by atoms with Crippen molar-refractivity contribution in [2.75, 3.05) is 0 Å². The summed E-state index contributed by atoms with van der Waals surface area (Å²) >= 11 is 0. The summed E-state index contributed by atoms with van der Waals surface area (Å²) in [5, 5.41) is 1.63. The fourth-order valence-corrected chi connectivity index (χ4v) is 6.88. The Morgan fingerprint density at radius 2 is 1.38 bits per heavy atom. The predicted molar refractivity (Wildman–Crippen MR) is 81.1 cm³/mol. The van der Waals surface area contributed by atoms with Gasteiger partial charge in [-0.3, -0.25) is 0 Å². The maximum atomic E-state index is 2.59. The van der Waals surface area contributed by atoms with E-state index in [0.29, 0.717) is 0 Å². The van der Waals surface area contributed by atoms with Crippen LogP contribution in [-0.4, -0.2) is 16.1 Å². The lowest BCUT2D eigenvalue weighted by Gasteiger charge is -2.25. The zero-order valence-electron chi connectivity index (χ0n) is 11.5. The van der Waals surface area contributed by atoms with Crippen LogP contribution in [0, 0.1) is 0 Å². The lowest BCUT2D eigenvalue weighted by atomic mass is 10.2. The van der Waals surface area contributed by atoms with Crippen LogP contribution in [0.4, 0.5) is 0 Å². The average Bonchev–Trinajstić information content (AvgIpc) is 2.13. The summed E-state index contributed by atoms with van der Waals surface area (Å²) in [6, 6.07) is 10.9. The van der Waals surface area contributed by atoms with Gasteiger partial charge < -0.3 is 0 Å². The van der Waals surface area contributed by atoms with Crippen molar-refractivity contribution in [3.8, 4) is 0 Å². The Morgan fingerprint density at radius 1 is 0.875 bits per heavy atom. The zero-order valence-corrected chi connectivity index (χ0v) is 13.5. The fourth-order valence-electron chi connectivity index (χ4n) is 1.78. The van der Waals surface area contributed by atoms with Crippen LogP contribution in [-0.2, 0) is 0 Å². The quantitative estimate of drug-likeness (QED) is 0.673. The highest BCUT2D eigenvalue weighted by molar-refractivity contribution is 6.96. The van der Waals surface area contributed by atoms with Gasteiger partial charge in [-0.05, 0) is 5.56 Å². The molecule has 0 heterocycles. The fraction of sp³-hybridized carbons (Fsp3) is 0.429.